The highest BCUT2D eigenvalue weighted by Crippen LogP contribution is 2.30. The van der Waals surface area contributed by atoms with E-state index in [0.29, 0.717) is 12.1 Å². The van der Waals surface area contributed by atoms with Gasteiger partial charge in [0, 0.05) is 24.5 Å². The predicted molar refractivity (Wildman–Crippen MR) is 75.7 cm³/mol. The van der Waals surface area contributed by atoms with Crippen LogP contribution in [0.4, 0.5) is 5.69 Å². The third kappa shape index (κ3) is 2.47. The van der Waals surface area contributed by atoms with Gasteiger partial charge >= 0.3 is 0 Å². The Morgan fingerprint density at radius 3 is 2.53 bits per heavy atom. The average Bonchev–Trinajstić information content (AvgIpc) is 2.85. The highest BCUT2D eigenvalue weighted by molar-refractivity contribution is 5.44. The maximum Gasteiger partial charge on any atom is 0.0616 e. The van der Waals surface area contributed by atoms with Gasteiger partial charge in [-0.1, -0.05) is 24.3 Å². The van der Waals surface area contributed by atoms with Gasteiger partial charge in [-0.15, -0.1) is 0 Å². The molecule has 3 N–H and O–H groups in total. The minimum absolute atomic E-state index is 0.289. The highest BCUT2D eigenvalue weighted by atomic mass is 16.3. The Balaban J connectivity index is 1.70. The van der Waals surface area contributed by atoms with Gasteiger partial charge in [-0.2, -0.15) is 0 Å². The Labute approximate surface area is 113 Å². The van der Waals surface area contributed by atoms with E-state index in [4.69, 9.17) is 5.73 Å². The van der Waals surface area contributed by atoms with Crippen LogP contribution in [0.25, 0.3) is 0 Å². The molecule has 0 amide bonds. The zero-order chi connectivity index (χ0) is 13.2. The van der Waals surface area contributed by atoms with Crippen molar-refractivity contribution in [2.24, 2.45) is 5.92 Å². The molecular formula is C16H18N2O. The van der Waals surface area contributed by atoms with Gasteiger partial charge in [0.2, 0.25) is 0 Å². The number of hydrogen-bond acceptors (Lipinski definition) is 3. The number of anilines is 1. The zero-order valence-electron chi connectivity index (χ0n) is 10.8. The first-order valence-corrected chi connectivity index (χ1v) is 6.67. The summed E-state index contributed by atoms with van der Waals surface area (Å²) in [6, 6.07) is 10.2. The van der Waals surface area contributed by atoms with Crippen molar-refractivity contribution < 1.29 is 5.11 Å². The smallest absolute Gasteiger partial charge is 0.0616 e. The van der Waals surface area contributed by atoms with E-state index in [0.717, 1.165) is 18.4 Å². The Kier molecular flexibility index (Phi) is 3.22. The van der Waals surface area contributed by atoms with E-state index in [1.807, 2.05) is 0 Å². The summed E-state index contributed by atoms with van der Waals surface area (Å²) in [4.78, 5) is 4.07. The number of rotatable bonds is 3. The van der Waals surface area contributed by atoms with Gasteiger partial charge in [-0.25, -0.2) is 0 Å². The molecule has 3 nitrogen and oxygen atoms in total. The molecule has 1 aliphatic rings. The minimum Gasteiger partial charge on any atom is -0.398 e. The zero-order valence-corrected chi connectivity index (χ0v) is 10.8. The van der Waals surface area contributed by atoms with E-state index in [1.54, 1.807) is 18.5 Å². The summed E-state index contributed by atoms with van der Waals surface area (Å²) in [5.41, 5.74) is 10.3. The number of nitrogens with two attached hydrogens (primary N) is 1. The van der Waals surface area contributed by atoms with Crippen molar-refractivity contribution in [2.45, 2.75) is 25.4 Å². The number of fused-ring (bicyclic) bond motifs is 1. The van der Waals surface area contributed by atoms with Gasteiger partial charge in [-0.05, 0) is 41.5 Å². The lowest BCUT2D eigenvalue weighted by Crippen LogP contribution is -2.23. The second-order valence-electron chi connectivity index (χ2n) is 5.28. The molecule has 2 aromatic rings. The van der Waals surface area contributed by atoms with E-state index in [1.165, 1.54) is 11.1 Å². The number of aliphatic hydroxyl groups is 1. The molecule has 1 atom stereocenters. The number of aliphatic hydroxyl groups excluding tert-OH is 1. The minimum atomic E-state index is -0.362. The van der Waals surface area contributed by atoms with Crippen LogP contribution >= 0.6 is 0 Å². The summed E-state index contributed by atoms with van der Waals surface area (Å²) >= 11 is 0. The lowest BCUT2D eigenvalue weighted by atomic mass is 9.94. The molecule has 3 rings (SSSR count). The molecule has 1 aromatic heterocycles. The second kappa shape index (κ2) is 5.02. The van der Waals surface area contributed by atoms with Crippen molar-refractivity contribution in [1.29, 1.82) is 0 Å². The van der Waals surface area contributed by atoms with Gasteiger partial charge in [0.15, 0.2) is 0 Å². The van der Waals surface area contributed by atoms with Crippen LogP contribution in [0.15, 0.2) is 42.7 Å². The quantitative estimate of drug-likeness (QED) is 0.880. The van der Waals surface area contributed by atoms with Crippen molar-refractivity contribution in [1.82, 2.24) is 4.98 Å². The summed E-state index contributed by atoms with van der Waals surface area (Å²) in [7, 11) is 0. The summed E-state index contributed by atoms with van der Waals surface area (Å²) < 4.78 is 0. The van der Waals surface area contributed by atoms with Gasteiger partial charge < -0.3 is 10.8 Å². The number of pyridine rings is 1. The molecule has 0 saturated heterocycles. The molecule has 1 aliphatic carbocycles. The van der Waals surface area contributed by atoms with E-state index in [-0.39, 0.29) is 12.0 Å². The maximum absolute atomic E-state index is 10.4. The first kappa shape index (κ1) is 12.2. The van der Waals surface area contributed by atoms with Gasteiger partial charge in [0.25, 0.3) is 0 Å². The third-order valence-corrected chi connectivity index (χ3v) is 4.00. The molecule has 0 bridgehead atoms. The first-order valence-electron chi connectivity index (χ1n) is 6.67. The largest absolute Gasteiger partial charge is 0.398 e. The Hall–Kier alpha value is -1.87. The topological polar surface area (TPSA) is 59.1 Å². The molecule has 3 heteroatoms. The van der Waals surface area contributed by atoms with Crippen LogP contribution in [-0.2, 0) is 19.3 Å². The highest BCUT2D eigenvalue weighted by Gasteiger charge is 2.27. The van der Waals surface area contributed by atoms with Crippen molar-refractivity contribution >= 4 is 5.69 Å². The lowest BCUT2D eigenvalue weighted by molar-refractivity contribution is 0.113. The van der Waals surface area contributed by atoms with Crippen LogP contribution in [0, 0.1) is 5.92 Å². The third-order valence-electron chi connectivity index (χ3n) is 4.00. The molecular weight excluding hydrogens is 236 g/mol. The fraction of sp³-hybridized carbons (Fsp3) is 0.312. The molecule has 0 fully saturated rings. The predicted octanol–water partition coefficient (Wildman–Crippen LogP) is 1.98. The fourth-order valence-electron chi connectivity index (χ4n) is 2.87. The number of nitrogen functional groups attached to an aromatic ring is 1. The molecule has 1 unspecified atom stereocenters. The van der Waals surface area contributed by atoms with Crippen LogP contribution in [0.3, 0.4) is 0 Å². The fourth-order valence-corrected chi connectivity index (χ4v) is 2.87. The van der Waals surface area contributed by atoms with Crippen LogP contribution in [-0.4, -0.2) is 16.2 Å². The molecule has 0 aliphatic heterocycles. The van der Waals surface area contributed by atoms with Crippen molar-refractivity contribution in [2.75, 3.05) is 5.73 Å². The van der Waals surface area contributed by atoms with E-state index >= 15 is 0 Å². The van der Waals surface area contributed by atoms with Crippen LogP contribution < -0.4 is 5.73 Å². The molecule has 19 heavy (non-hydrogen) atoms. The Morgan fingerprint density at radius 1 is 1.21 bits per heavy atom. The van der Waals surface area contributed by atoms with E-state index in [2.05, 4.69) is 29.2 Å². The summed E-state index contributed by atoms with van der Waals surface area (Å²) in [6.07, 6.45) is 5.56. The molecule has 1 heterocycles. The number of benzene rings is 1. The number of nitrogens with zero attached hydrogens (tertiary/aromatic N) is 1. The Morgan fingerprint density at radius 2 is 1.89 bits per heavy atom. The SMILES string of the molecule is Nc1ccncc1CC(O)C1Cc2ccccc2C1. The van der Waals surface area contributed by atoms with E-state index in [9.17, 15) is 5.11 Å². The number of hydrogen-bond donors (Lipinski definition) is 2. The van der Waals surface area contributed by atoms with Gasteiger partial charge in [-0.3, -0.25) is 4.98 Å². The molecule has 0 saturated carbocycles. The molecule has 0 spiro atoms. The second-order valence-corrected chi connectivity index (χ2v) is 5.28. The summed E-state index contributed by atoms with van der Waals surface area (Å²) in [6.45, 7) is 0. The first-order chi connectivity index (χ1) is 9.24. The van der Waals surface area contributed by atoms with E-state index < -0.39 is 0 Å². The van der Waals surface area contributed by atoms with Crippen molar-refractivity contribution in [3.8, 4) is 0 Å². The normalized spacial score (nSPS) is 16.3. The lowest BCUT2D eigenvalue weighted by Gasteiger charge is -2.18. The standard InChI is InChI=1S/C16H18N2O/c17-15-5-6-18-10-14(15)9-16(19)13-7-11-3-1-2-4-12(11)8-13/h1-6,10,13,16,19H,7-9H2,(H2,17,18). The summed E-state index contributed by atoms with van der Waals surface area (Å²) in [5, 5.41) is 10.4. The van der Waals surface area contributed by atoms with Gasteiger partial charge in [0.05, 0.1) is 6.10 Å². The number of aromatic nitrogens is 1. The van der Waals surface area contributed by atoms with Crippen LogP contribution in [0.1, 0.15) is 16.7 Å². The average molecular weight is 254 g/mol. The van der Waals surface area contributed by atoms with Crippen molar-refractivity contribution in [3.63, 3.8) is 0 Å². The molecule has 98 valence electrons. The maximum atomic E-state index is 10.4. The Bertz CT molecular complexity index is 557. The van der Waals surface area contributed by atoms with Crippen LogP contribution in [0.5, 0.6) is 0 Å². The van der Waals surface area contributed by atoms with Gasteiger partial charge in [0.1, 0.15) is 0 Å². The summed E-state index contributed by atoms with van der Waals surface area (Å²) in [5.74, 6) is 0.289. The molecule has 1 aromatic carbocycles. The van der Waals surface area contributed by atoms with Crippen molar-refractivity contribution in [3.05, 3.63) is 59.4 Å². The van der Waals surface area contributed by atoms with Crippen LogP contribution in [0.2, 0.25) is 0 Å². The molecule has 0 radical (unpaired) electrons. The monoisotopic (exact) mass is 254 g/mol.